The lowest BCUT2D eigenvalue weighted by atomic mass is 9.63. The lowest BCUT2D eigenvalue weighted by Gasteiger charge is -2.45. The van der Waals surface area contributed by atoms with Crippen molar-refractivity contribution in [3.05, 3.63) is 29.8 Å². The number of aliphatic hydroxyl groups excluding tert-OH is 5. The average molecular weight is 2180 g/mol. The van der Waals surface area contributed by atoms with E-state index in [0.29, 0.717) is 151 Å². The first-order valence-corrected chi connectivity index (χ1v) is 76.0. The first-order chi connectivity index (χ1) is 69.7. The fourth-order valence-electron chi connectivity index (χ4n) is 25.0. The van der Waals surface area contributed by atoms with Crippen LogP contribution in [0.1, 0.15) is 450 Å². The van der Waals surface area contributed by atoms with Crippen molar-refractivity contribution in [3.63, 3.8) is 0 Å². The quantitative estimate of drug-likeness (QED) is 0.0322. The van der Waals surface area contributed by atoms with Gasteiger partial charge in [0.15, 0.2) is 41.6 Å². The molecule has 149 heavy (non-hydrogen) atoms. The number of ketones is 1. The monoisotopic (exact) mass is 2180 g/mol. The first kappa shape index (κ1) is 134. The minimum Gasteiger partial charge on any atom is -0.493 e. The summed E-state index contributed by atoms with van der Waals surface area (Å²) in [7, 11) is -2.33. The summed E-state index contributed by atoms with van der Waals surface area (Å²) in [5, 5.41) is 55.9. The van der Waals surface area contributed by atoms with Gasteiger partial charge in [0.2, 0.25) is 0 Å². The van der Waals surface area contributed by atoms with Gasteiger partial charge in [-0.3, -0.25) is 9.59 Å². The highest BCUT2D eigenvalue weighted by Gasteiger charge is 2.49. The largest absolute Gasteiger partial charge is 0.493 e. The molecule has 13 fully saturated rings. The van der Waals surface area contributed by atoms with Crippen molar-refractivity contribution >= 4 is 59.6 Å². The van der Waals surface area contributed by atoms with E-state index in [9.17, 15) is 19.5 Å². The number of methoxy groups -OCH3 is 3. The molecule has 0 heterocycles. The van der Waals surface area contributed by atoms with Crippen LogP contribution in [0.2, 0.25) is 90.7 Å². The van der Waals surface area contributed by atoms with Crippen LogP contribution in [0.25, 0.3) is 0 Å². The van der Waals surface area contributed by atoms with Crippen molar-refractivity contribution in [1.29, 1.82) is 0 Å². The number of Topliss-reactive ketones (excluding diaryl/α,β-unsaturated/α-hetero) is 1. The van der Waals surface area contributed by atoms with Gasteiger partial charge in [-0.05, 0) is 522 Å². The molecule has 1 aromatic rings. The third-order valence-corrected chi connectivity index (χ3v) is 65.7. The third-order valence-electron chi connectivity index (χ3n) is 43.2. The standard InChI is InChI=1S/C22H32O4.C19H38O2Si.C18H36O2Si.C18H34O2Si.C14H30O2Si.C14H28O2Si.C13H24O2.C8H16O2/c1-25-19-10-14-22(15-11-19)12-8-18(9-13-22)16-26-20-5-2-17(3-6-20)4-7-21(23)24;1-18(2,3)22(5,6)21-15-16-7-11-19(12-8-16)13-9-17(20-4)10-14-19;2*1-17(2,3)21(4,5)20-14-15-6-10-18(11-7-15)12-8-16(19)9-13-18;2*1-14(2,3)17(4,5)16-11-13-8-6-12(10-15)7-9-13;1-15-12-4-8-13(9-5-12)6-2-11(10-14)3-7-13;9-5-7-1-2-8(6-10)4-3-7/h2-3,5-6,18-19H,4,7-16H2,1H3,(H,23,24);16-17H,7-15H2,1-6H3;15-16,19H,6-14H2,1-5H3;15H,6-14H2,1-5H3;12-13,15H,6-11H2,1-5H3;10,12-13H,6-9,11H2,1-5H3;11-12,14H,2-10H2,1H3;7-10H,1-6H2. The van der Waals surface area contributed by atoms with Crippen molar-refractivity contribution in [1.82, 2.24) is 0 Å². The molecule has 0 aromatic heterocycles. The topological polar surface area (TPSA) is 256 Å². The third kappa shape index (κ3) is 45.4. The van der Waals surface area contributed by atoms with E-state index in [1.807, 2.05) is 45.6 Å². The lowest BCUT2D eigenvalue weighted by molar-refractivity contribution is -0.137. The average Bonchev–Trinajstić information content (AvgIpc) is 0.815. The van der Waals surface area contributed by atoms with E-state index < -0.39 is 47.6 Å². The fourth-order valence-corrected chi connectivity index (χ4v) is 30.4. The van der Waals surface area contributed by atoms with E-state index in [1.165, 1.54) is 244 Å². The molecular weight excluding hydrogens is 1940 g/mol. The molecule has 0 aliphatic heterocycles. The summed E-state index contributed by atoms with van der Waals surface area (Å²) in [4.78, 5) is 32.8. The fraction of sp³-hybridized carbons (Fsp3) is 0.929. The van der Waals surface area contributed by atoms with Crippen molar-refractivity contribution in [2.75, 3.05) is 87.4 Å². The molecule has 13 saturated carbocycles. The maximum Gasteiger partial charge on any atom is 0.303 e. The molecule has 18 nitrogen and oxygen atoms in total. The number of rotatable bonds is 29. The minimum atomic E-state index is -1.59. The second-order valence-corrected chi connectivity index (χ2v) is 83.0. The van der Waals surface area contributed by atoms with Crippen molar-refractivity contribution in [3.8, 4) is 5.75 Å². The highest BCUT2D eigenvalue weighted by Crippen LogP contribution is 2.56. The van der Waals surface area contributed by atoms with Crippen LogP contribution in [0.15, 0.2) is 24.3 Å². The zero-order chi connectivity index (χ0) is 111. The molecule has 14 rings (SSSR count). The Labute approximate surface area is 920 Å². The molecule has 6 N–H and O–H groups in total. The molecule has 13 aliphatic carbocycles. The smallest absolute Gasteiger partial charge is 0.303 e. The summed E-state index contributed by atoms with van der Waals surface area (Å²) in [6.07, 6.45) is 68.0. The van der Waals surface area contributed by atoms with Gasteiger partial charge in [0.25, 0.3) is 0 Å². The maximum atomic E-state index is 11.4. The molecule has 1 aromatic carbocycles. The van der Waals surface area contributed by atoms with Gasteiger partial charge in [0, 0.05) is 106 Å². The summed E-state index contributed by atoms with van der Waals surface area (Å²) < 4.78 is 54.3. The number of aliphatic carboxylic acids is 1. The highest BCUT2D eigenvalue weighted by atomic mass is 28.4. The molecule has 0 saturated heterocycles. The Balaban J connectivity index is 0.000000233. The SMILES string of the molecule is CC(C)(C)[Si](C)(C)OCC1CCC(C=O)CC1.CC(C)(C)[Si](C)(C)OCC1CCC(CO)CC1.CC(C)(C)[Si](C)(C)OCC1CCC2(CCC(=O)CC2)CC1.CC(C)(C)[Si](C)(C)OCC1CCC2(CCC(O)CC2)CC1.COC1CCC2(CCC(CO)CC2)CC1.COC1CCC2(CCC(CO[Si](C)(C)C(C)(C)C)CC2)CC1.COC1CCC2(CCC(COc3ccc(CCC(=O)O)cc3)CC2)CC1.OCC1CCC(CO)CC1. The minimum absolute atomic E-state index is 0.0183. The normalized spacial score (nSPS) is 31.2. The van der Waals surface area contributed by atoms with Crippen LogP contribution >= 0.6 is 0 Å². The summed E-state index contributed by atoms with van der Waals surface area (Å²) in [6.45, 7) is 65.1. The van der Waals surface area contributed by atoms with Crippen LogP contribution in [0.3, 0.4) is 0 Å². The molecular formula is C126H238O18Si5. The van der Waals surface area contributed by atoms with Gasteiger partial charge in [-0.1, -0.05) is 116 Å². The van der Waals surface area contributed by atoms with Gasteiger partial charge in [0.05, 0.1) is 31.0 Å². The Bertz CT molecular complexity index is 3720. The number of carboxylic acid groups (broad SMARTS) is 1. The van der Waals surface area contributed by atoms with Gasteiger partial charge in [-0.2, -0.15) is 0 Å². The van der Waals surface area contributed by atoms with E-state index >= 15 is 0 Å². The van der Waals surface area contributed by atoms with Crippen LogP contribution in [-0.4, -0.2) is 202 Å². The van der Waals surface area contributed by atoms with E-state index in [4.69, 9.17) is 66.6 Å². The Morgan fingerprint density at radius 3 is 0.752 bits per heavy atom. The van der Waals surface area contributed by atoms with Crippen LogP contribution < -0.4 is 4.74 Å². The van der Waals surface area contributed by atoms with E-state index in [1.54, 1.807) is 0 Å². The Morgan fingerprint density at radius 1 is 0.309 bits per heavy atom. The molecule has 0 radical (unpaired) electrons. The van der Waals surface area contributed by atoms with E-state index in [0.717, 1.165) is 171 Å². The number of hydrogen-bond donors (Lipinski definition) is 6. The highest BCUT2D eigenvalue weighted by molar-refractivity contribution is 6.75. The maximum absolute atomic E-state index is 11.4. The number of aryl methyl sites for hydroxylation is 1. The summed E-state index contributed by atoms with van der Waals surface area (Å²) in [6, 6.07) is 7.88. The van der Waals surface area contributed by atoms with Crippen molar-refractivity contribution in [2.45, 2.75) is 566 Å². The molecule has 0 amide bonds. The van der Waals surface area contributed by atoms with Crippen LogP contribution in [-0.2, 0) is 57.1 Å². The zero-order valence-corrected chi connectivity index (χ0v) is 107. The number of hydrogen-bond acceptors (Lipinski definition) is 17. The predicted molar refractivity (Wildman–Crippen MR) is 632 cm³/mol. The van der Waals surface area contributed by atoms with Crippen LogP contribution in [0.5, 0.6) is 5.75 Å². The number of aliphatic hydroxyl groups is 5. The van der Waals surface area contributed by atoms with Gasteiger partial charge < -0.3 is 76.5 Å². The Morgan fingerprint density at radius 2 is 0.517 bits per heavy atom. The second kappa shape index (κ2) is 62.0. The van der Waals surface area contributed by atoms with Crippen molar-refractivity contribution in [2.24, 2.45) is 92.2 Å². The number of carboxylic acids is 1. The number of benzene rings is 1. The Hall–Kier alpha value is -1.61. The number of carbonyl (C=O) groups is 3. The van der Waals surface area contributed by atoms with E-state index in [-0.39, 0.29) is 12.5 Å². The van der Waals surface area contributed by atoms with Gasteiger partial charge >= 0.3 is 5.97 Å². The van der Waals surface area contributed by atoms with Crippen LogP contribution in [0.4, 0.5) is 0 Å². The molecule has 0 unspecified atom stereocenters. The molecule has 13 aliphatic rings. The first-order valence-electron chi connectivity index (χ1n) is 61.5. The van der Waals surface area contributed by atoms with Crippen molar-refractivity contribution < 1.29 is 86.1 Å². The summed E-state index contributed by atoms with van der Waals surface area (Å²) >= 11 is 0. The molecule has 5 spiro atoms. The molecule has 23 heteroatoms. The van der Waals surface area contributed by atoms with E-state index in [2.05, 4.69) is 169 Å². The van der Waals surface area contributed by atoms with Gasteiger partial charge in [-0.25, -0.2) is 0 Å². The number of ether oxygens (including phenoxy) is 4. The lowest BCUT2D eigenvalue weighted by Crippen LogP contribution is -2.42. The summed E-state index contributed by atoms with van der Waals surface area (Å²) in [5.41, 5.74) is 4.00. The zero-order valence-electron chi connectivity index (χ0n) is 102. The molecule has 0 bridgehead atoms. The predicted octanol–water partition coefficient (Wildman–Crippen LogP) is 32.4. The molecule has 870 valence electrons. The number of carbonyl (C=O) groups excluding carboxylic acids is 2. The molecule has 0 atom stereocenters. The Kier molecular flexibility index (Phi) is 55.9. The second-order valence-electron chi connectivity index (χ2n) is 58.9. The van der Waals surface area contributed by atoms with Crippen LogP contribution in [0, 0.1) is 92.2 Å². The number of aldehydes is 1. The van der Waals surface area contributed by atoms with Gasteiger partial charge in [0.1, 0.15) is 17.8 Å². The van der Waals surface area contributed by atoms with Gasteiger partial charge in [-0.15, -0.1) is 0 Å². The summed E-state index contributed by atoms with van der Waals surface area (Å²) in [5.74, 6) is 7.53.